The molecule has 1 aromatic heterocycles. The summed E-state index contributed by atoms with van der Waals surface area (Å²) in [7, 11) is 0. The van der Waals surface area contributed by atoms with Crippen molar-refractivity contribution in [3.05, 3.63) is 58.0 Å². The second-order valence-electron chi connectivity index (χ2n) is 6.93. The third-order valence-corrected chi connectivity index (χ3v) is 5.60. The Hall–Kier alpha value is -2.93. The number of ether oxygens (including phenoxy) is 1. The molecule has 2 amide bonds. The van der Waals surface area contributed by atoms with Crippen LogP contribution in [0.2, 0.25) is 0 Å². The summed E-state index contributed by atoms with van der Waals surface area (Å²) < 4.78 is 5.35. The third kappa shape index (κ3) is 5.79. The Bertz CT molecular complexity index is 928. The molecule has 1 heterocycles. The SMILES string of the molecule is CCN(CC)C(=O)c1sc(NC(=O)C=Cc2ccccc2)c(C(=O)OC(C)C)c1C. The van der Waals surface area contributed by atoms with Crippen LogP contribution in [0.4, 0.5) is 5.00 Å². The van der Waals surface area contributed by atoms with Crippen LogP contribution in [0.1, 0.15) is 58.9 Å². The van der Waals surface area contributed by atoms with Crippen molar-refractivity contribution in [2.45, 2.75) is 40.7 Å². The molecular formula is C23H28N2O4S. The van der Waals surface area contributed by atoms with E-state index in [1.54, 1.807) is 31.7 Å². The number of esters is 1. The number of nitrogens with one attached hydrogen (secondary N) is 1. The molecular weight excluding hydrogens is 400 g/mol. The summed E-state index contributed by atoms with van der Waals surface area (Å²) >= 11 is 1.10. The molecule has 0 aliphatic carbocycles. The fourth-order valence-corrected chi connectivity index (χ4v) is 4.03. The van der Waals surface area contributed by atoms with Crippen molar-refractivity contribution in [3.8, 4) is 0 Å². The minimum atomic E-state index is -0.556. The molecule has 160 valence electrons. The van der Waals surface area contributed by atoms with Crippen molar-refractivity contribution in [1.82, 2.24) is 4.90 Å². The Morgan fingerprint density at radius 3 is 2.33 bits per heavy atom. The van der Waals surface area contributed by atoms with E-state index in [9.17, 15) is 14.4 Å². The number of rotatable bonds is 8. The average molecular weight is 429 g/mol. The molecule has 0 aliphatic rings. The van der Waals surface area contributed by atoms with Crippen LogP contribution < -0.4 is 5.32 Å². The van der Waals surface area contributed by atoms with Crippen LogP contribution in [0, 0.1) is 6.92 Å². The zero-order valence-electron chi connectivity index (χ0n) is 18.0. The number of benzene rings is 1. The van der Waals surface area contributed by atoms with Crippen LogP contribution >= 0.6 is 11.3 Å². The van der Waals surface area contributed by atoms with Gasteiger partial charge in [0, 0.05) is 19.2 Å². The summed E-state index contributed by atoms with van der Waals surface area (Å²) in [4.78, 5) is 40.2. The van der Waals surface area contributed by atoms with E-state index in [-0.39, 0.29) is 23.5 Å². The number of carbonyl (C=O) groups is 3. The van der Waals surface area contributed by atoms with Crippen molar-refractivity contribution in [2.24, 2.45) is 0 Å². The van der Waals surface area contributed by atoms with Crippen LogP contribution in [0.5, 0.6) is 0 Å². The van der Waals surface area contributed by atoms with Crippen LogP contribution in [-0.2, 0) is 9.53 Å². The predicted molar refractivity (Wildman–Crippen MR) is 121 cm³/mol. The van der Waals surface area contributed by atoms with Gasteiger partial charge >= 0.3 is 5.97 Å². The molecule has 0 radical (unpaired) electrons. The van der Waals surface area contributed by atoms with Gasteiger partial charge in [0.15, 0.2) is 0 Å². The number of carbonyl (C=O) groups excluding carboxylic acids is 3. The maximum atomic E-state index is 12.9. The Morgan fingerprint density at radius 1 is 1.13 bits per heavy atom. The summed E-state index contributed by atoms with van der Waals surface area (Å²) in [5.74, 6) is -1.11. The molecule has 6 nitrogen and oxygen atoms in total. The number of nitrogens with zero attached hydrogens (tertiary/aromatic N) is 1. The number of anilines is 1. The Labute approximate surface area is 181 Å². The molecule has 0 saturated carbocycles. The molecule has 2 rings (SSSR count). The van der Waals surface area contributed by atoms with E-state index in [1.165, 1.54) is 6.08 Å². The maximum absolute atomic E-state index is 12.9. The van der Waals surface area contributed by atoms with E-state index in [4.69, 9.17) is 4.74 Å². The quantitative estimate of drug-likeness (QED) is 0.486. The molecule has 0 fully saturated rings. The lowest BCUT2D eigenvalue weighted by Crippen LogP contribution is -2.30. The van der Waals surface area contributed by atoms with Gasteiger partial charge in [-0.25, -0.2) is 4.79 Å². The molecule has 0 saturated heterocycles. The van der Waals surface area contributed by atoms with E-state index in [1.807, 2.05) is 44.2 Å². The predicted octanol–water partition coefficient (Wildman–Crippen LogP) is 4.76. The number of hydrogen-bond acceptors (Lipinski definition) is 5. The summed E-state index contributed by atoms with van der Waals surface area (Å²) in [5, 5.41) is 3.06. The van der Waals surface area contributed by atoms with Gasteiger partial charge in [-0.15, -0.1) is 11.3 Å². The lowest BCUT2D eigenvalue weighted by atomic mass is 10.1. The van der Waals surface area contributed by atoms with E-state index < -0.39 is 5.97 Å². The van der Waals surface area contributed by atoms with Crippen molar-refractivity contribution in [1.29, 1.82) is 0 Å². The monoisotopic (exact) mass is 428 g/mol. The number of amides is 2. The van der Waals surface area contributed by atoms with Gasteiger partial charge in [-0.1, -0.05) is 30.3 Å². The largest absolute Gasteiger partial charge is 0.459 e. The molecule has 0 atom stereocenters. The van der Waals surface area contributed by atoms with E-state index in [0.717, 1.165) is 16.9 Å². The van der Waals surface area contributed by atoms with Crippen molar-refractivity contribution in [3.63, 3.8) is 0 Å². The van der Waals surface area contributed by atoms with Gasteiger partial charge in [0.2, 0.25) is 5.91 Å². The van der Waals surface area contributed by atoms with Crippen LogP contribution in [0.15, 0.2) is 36.4 Å². The summed E-state index contributed by atoms with van der Waals surface area (Å²) in [6.45, 7) is 10.1. The smallest absolute Gasteiger partial charge is 0.341 e. The average Bonchev–Trinajstić information content (AvgIpc) is 3.03. The van der Waals surface area contributed by atoms with Crippen LogP contribution in [0.25, 0.3) is 6.08 Å². The van der Waals surface area contributed by atoms with Gasteiger partial charge in [-0.2, -0.15) is 0 Å². The second-order valence-corrected chi connectivity index (χ2v) is 7.95. The molecule has 1 aromatic carbocycles. The zero-order valence-corrected chi connectivity index (χ0v) is 18.8. The first-order valence-corrected chi connectivity index (χ1v) is 10.8. The first-order valence-electron chi connectivity index (χ1n) is 9.96. The van der Waals surface area contributed by atoms with Gasteiger partial charge in [0.05, 0.1) is 16.5 Å². The third-order valence-electron chi connectivity index (χ3n) is 4.40. The van der Waals surface area contributed by atoms with Crippen molar-refractivity contribution >= 4 is 40.2 Å². The topological polar surface area (TPSA) is 75.7 Å². The van der Waals surface area contributed by atoms with Crippen LogP contribution in [0.3, 0.4) is 0 Å². The number of hydrogen-bond donors (Lipinski definition) is 1. The first-order chi connectivity index (χ1) is 14.3. The molecule has 7 heteroatoms. The molecule has 30 heavy (non-hydrogen) atoms. The fourth-order valence-electron chi connectivity index (χ4n) is 2.87. The highest BCUT2D eigenvalue weighted by Gasteiger charge is 2.28. The summed E-state index contributed by atoms with van der Waals surface area (Å²) in [6, 6.07) is 9.42. The minimum Gasteiger partial charge on any atom is -0.459 e. The second kappa shape index (κ2) is 10.7. The Kier molecular flexibility index (Phi) is 8.35. The molecule has 1 N–H and O–H groups in total. The zero-order chi connectivity index (χ0) is 22.3. The standard InChI is InChI=1S/C23H28N2O4S/c1-6-25(7-2)22(27)20-16(5)19(23(28)29-15(3)4)21(30-20)24-18(26)14-13-17-11-9-8-10-12-17/h8-15H,6-7H2,1-5H3,(H,24,26). The summed E-state index contributed by atoms with van der Waals surface area (Å²) in [6.07, 6.45) is 2.76. The van der Waals surface area contributed by atoms with E-state index in [2.05, 4.69) is 5.32 Å². The molecule has 0 spiro atoms. The fraction of sp³-hybridized carbons (Fsp3) is 0.348. The lowest BCUT2D eigenvalue weighted by Gasteiger charge is -2.18. The highest BCUT2D eigenvalue weighted by atomic mass is 32.1. The molecule has 0 unspecified atom stereocenters. The highest BCUT2D eigenvalue weighted by Crippen LogP contribution is 2.35. The van der Waals surface area contributed by atoms with Crippen LogP contribution in [-0.4, -0.2) is 41.9 Å². The van der Waals surface area contributed by atoms with E-state index in [0.29, 0.717) is 28.5 Å². The highest BCUT2D eigenvalue weighted by molar-refractivity contribution is 7.18. The van der Waals surface area contributed by atoms with Crippen molar-refractivity contribution in [2.75, 3.05) is 18.4 Å². The Balaban J connectivity index is 2.37. The van der Waals surface area contributed by atoms with Gasteiger partial charge in [0.1, 0.15) is 5.00 Å². The van der Waals surface area contributed by atoms with Crippen molar-refractivity contribution < 1.29 is 19.1 Å². The number of thiophene rings is 1. The lowest BCUT2D eigenvalue weighted by molar-refractivity contribution is -0.111. The van der Waals surface area contributed by atoms with Gasteiger partial charge in [-0.3, -0.25) is 9.59 Å². The van der Waals surface area contributed by atoms with Gasteiger partial charge < -0.3 is 15.0 Å². The molecule has 0 aliphatic heterocycles. The molecule has 2 aromatic rings. The van der Waals surface area contributed by atoms with Gasteiger partial charge in [-0.05, 0) is 51.8 Å². The van der Waals surface area contributed by atoms with E-state index >= 15 is 0 Å². The maximum Gasteiger partial charge on any atom is 0.341 e. The first kappa shape index (κ1) is 23.3. The Morgan fingerprint density at radius 2 is 1.77 bits per heavy atom. The van der Waals surface area contributed by atoms with Gasteiger partial charge in [0.25, 0.3) is 5.91 Å². The molecule has 0 bridgehead atoms. The normalized spacial score (nSPS) is 11.0. The minimum absolute atomic E-state index is 0.165. The summed E-state index contributed by atoms with van der Waals surface area (Å²) in [5.41, 5.74) is 1.63.